The zero-order valence-corrected chi connectivity index (χ0v) is 18.5. The maximum atomic E-state index is 12.3. The highest BCUT2D eigenvalue weighted by molar-refractivity contribution is 5.79. The second-order valence-corrected chi connectivity index (χ2v) is 7.71. The van der Waals surface area contributed by atoms with Gasteiger partial charge >= 0.3 is 12.1 Å². The van der Waals surface area contributed by atoms with Gasteiger partial charge in [0.15, 0.2) is 0 Å². The molecule has 0 spiro atoms. The quantitative estimate of drug-likeness (QED) is 0.447. The predicted octanol–water partition coefficient (Wildman–Crippen LogP) is 4.68. The Kier molecular flexibility index (Phi) is 7.06. The third-order valence-electron chi connectivity index (χ3n) is 5.73. The standard InChI is InChI=1S/C28H25NO4/c1-32-27(30)17-16-21-10-3-2-9-20(21)11-8-18-29-28(31)33-19-26-24-14-6-4-12-22(24)23-13-5-7-15-25(23)26/h2-7,9-10,12-15,26H,16-19H2,1H3,(H,29,31). The van der Waals surface area contributed by atoms with Crippen molar-refractivity contribution >= 4 is 12.1 Å². The Balaban J connectivity index is 1.32. The van der Waals surface area contributed by atoms with E-state index in [0.29, 0.717) is 12.8 Å². The van der Waals surface area contributed by atoms with Crippen LogP contribution in [0.3, 0.4) is 0 Å². The van der Waals surface area contributed by atoms with E-state index >= 15 is 0 Å². The molecule has 166 valence electrons. The Hall–Kier alpha value is -4.04. The number of nitrogens with one attached hydrogen (secondary N) is 1. The van der Waals surface area contributed by atoms with E-state index in [1.165, 1.54) is 29.4 Å². The summed E-state index contributed by atoms with van der Waals surface area (Å²) in [5, 5.41) is 2.69. The van der Waals surface area contributed by atoms with Crippen LogP contribution in [0.2, 0.25) is 0 Å². The van der Waals surface area contributed by atoms with Crippen molar-refractivity contribution in [3.8, 4) is 23.0 Å². The first-order valence-corrected chi connectivity index (χ1v) is 10.9. The molecule has 0 fully saturated rings. The number of aryl methyl sites for hydroxylation is 1. The van der Waals surface area contributed by atoms with Gasteiger partial charge in [-0.2, -0.15) is 0 Å². The number of ether oxygens (including phenoxy) is 2. The minimum atomic E-state index is -0.495. The first-order valence-electron chi connectivity index (χ1n) is 10.9. The first kappa shape index (κ1) is 22.2. The fourth-order valence-corrected chi connectivity index (χ4v) is 4.10. The summed E-state index contributed by atoms with van der Waals surface area (Å²) in [6.07, 6.45) is 0.356. The van der Waals surface area contributed by atoms with Gasteiger partial charge in [-0.3, -0.25) is 4.79 Å². The number of esters is 1. The number of carbonyl (C=O) groups excluding carboxylic acids is 2. The minimum Gasteiger partial charge on any atom is -0.469 e. The maximum absolute atomic E-state index is 12.3. The van der Waals surface area contributed by atoms with Gasteiger partial charge < -0.3 is 14.8 Å². The second kappa shape index (κ2) is 10.5. The van der Waals surface area contributed by atoms with Crippen LogP contribution in [0.25, 0.3) is 11.1 Å². The van der Waals surface area contributed by atoms with Gasteiger partial charge in [0.2, 0.25) is 0 Å². The van der Waals surface area contributed by atoms with Gasteiger partial charge in [0.25, 0.3) is 0 Å². The Morgan fingerprint density at radius 1 is 0.909 bits per heavy atom. The van der Waals surface area contributed by atoms with E-state index in [-0.39, 0.29) is 25.0 Å². The van der Waals surface area contributed by atoms with E-state index in [4.69, 9.17) is 9.47 Å². The van der Waals surface area contributed by atoms with Gasteiger partial charge in [-0.05, 0) is 40.3 Å². The van der Waals surface area contributed by atoms with Crippen molar-refractivity contribution in [1.82, 2.24) is 5.32 Å². The lowest BCUT2D eigenvalue weighted by molar-refractivity contribution is -0.140. The summed E-state index contributed by atoms with van der Waals surface area (Å²) in [6.45, 7) is 0.436. The highest BCUT2D eigenvalue weighted by Gasteiger charge is 2.28. The van der Waals surface area contributed by atoms with E-state index < -0.39 is 6.09 Å². The number of hydrogen-bond donors (Lipinski definition) is 1. The fraction of sp³-hybridized carbons (Fsp3) is 0.214. The minimum absolute atomic E-state index is 0.0240. The SMILES string of the molecule is COC(=O)CCc1ccccc1C#CCNC(=O)OCC1c2ccccc2-c2ccccc21. The van der Waals surface area contributed by atoms with Crippen LogP contribution in [0.1, 0.15) is 34.6 Å². The molecular weight excluding hydrogens is 414 g/mol. The van der Waals surface area contributed by atoms with E-state index in [2.05, 4.69) is 41.4 Å². The number of rotatable bonds is 6. The molecular formula is C28H25NO4. The summed E-state index contributed by atoms with van der Waals surface area (Å²) in [5.74, 6) is 5.79. The number of amides is 1. The lowest BCUT2D eigenvalue weighted by atomic mass is 9.98. The van der Waals surface area contributed by atoms with E-state index in [1.807, 2.05) is 48.5 Å². The highest BCUT2D eigenvalue weighted by atomic mass is 16.5. The van der Waals surface area contributed by atoms with E-state index in [1.54, 1.807) is 0 Å². The number of benzene rings is 3. The third kappa shape index (κ3) is 5.24. The van der Waals surface area contributed by atoms with Crippen LogP contribution < -0.4 is 5.32 Å². The number of fused-ring (bicyclic) bond motifs is 3. The molecule has 1 amide bonds. The van der Waals surface area contributed by atoms with Crippen molar-refractivity contribution in [1.29, 1.82) is 0 Å². The van der Waals surface area contributed by atoms with Crippen molar-refractivity contribution < 1.29 is 19.1 Å². The van der Waals surface area contributed by atoms with Crippen molar-refractivity contribution in [2.45, 2.75) is 18.8 Å². The van der Waals surface area contributed by atoms with E-state index in [0.717, 1.165) is 11.1 Å². The topological polar surface area (TPSA) is 64.6 Å². The van der Waals surface area contributed by atoms with Gasteiger partial charge in [-0.15, -0.1) is 0 Å². The van der Waals surface area contributed by atoms with Crippen LogP contribution >= 0.6 is 0 Å². The molecule has 1 aliphatic carbocycles. The van der Waals surface area contributed by atoms with Crippen LogP contribution in [0.4, 0.5) is 4.79 Å². The van der Waals surface area contributed by atoms with Crippen LogP contribution in [0.5, 0.6) is 0 Å². The van der Waals surface area contributed by atoms with Crippen molar-refractivity contribution in [3.63, 3.8) is 0 Å². The molecule has 5 heteroatoms. The van der Waals surface area contributed by atoms with Gasteiger partial charge in [0.1, 0.15) is 6.61 Å². The molecule has 3 aromatic carbocycles. The summed E-state index contributed by atoms with van der Waals surface area (Å²) < 4.78 is 10.2. The van der Waals surface area contributed by atoms with Crippen LogP contribution in [0.15, 0.2) is 72.8 Å². The maximum Gasteiger partial charge on any atom is 0.407 e. The monoisotopic (exact) mass is 439 g/mol. The van der Waals surface area contributed by atoms with Gasteiger partial charge in [-0.1, -0.05) is 78.6 Å². The average Bonchev–Trinajstić information content (AvgIpc) is 3.18. The molecule has 5 nitrogen and oxygen atoms in total. The molecule has 1 aliphatic rings. The summed E-state index contributed by atoms with van der Waals surface area (Å²) in [4.78, 5) is 23.7. The van der Waals surface area contributed by atoms with Crippen molar-refractivity contribution in [2.75, 3.05) is 20.3 Å². The van der Waals surface area contributed by atoms with Crippen LogP contribution in [-0.2, 0) is 20.7 Å². The summed E-state index contributed by atoms with van der Waals surface area (Å²) in [5.41, 5.74) is 6.54. The summed E-state index contributed by atoms with van der Waals surface area (Å²) >= 11 is 0. The Labute approximate surface area is 193 Å². The highest BCUT2D eigenvalue weighted by Crippen LogP contribution is 2.44. The van der Waals surface area contributed by atoms with Gasteiger partial charge in [-0.25, -0.2) is 4.79 Å². The molecule has 4 rings (SSSR count). The lowest BCUT2D eigenvalue weighted by Crippen LogP contribution is -2.26. The molecule has 3 aromatic rings. The predicted molar refractivity (Wildman–Crippen MR) is 127 cm³/mol. The molecule has 33 heavy (non-hydrogen) atoms. The fourth-order valence-electron chi connectivity index (χ4n) is 4.10. The first-order chi connectivity index (χ1) is 16.2. The van der Waals surface area contributed by atoms with Crippen LogP contribution in [-0.4, -0.2) is 32.3 Å². The molecule has 0 heterocycles. The Morgan fingerprint density at radius 3 is 2.24 bits per heavy atom. The number of alkyl carbamates (subject to hydrolysis) is 1. The van der Waals surface area contributed by atoms with Crippen molar-refractivity contribution in [2.24, 2.45) is 0 Å². The molecule has 0 atom stereocenters. The summed E-state index contributed by atoms with van der Waals surface area (Å²) in [6, 6.07) is 24.1. The Bertz CT molecular complexity index is 1180. The molecule has 0 bridgehead atoms. The second-order valence-electron chi connectivity index (χ2n) is 7.71. The molecule has 0 aromatic heterocycles. The summed E-state index contributed by atoms with van der Waals surface area (Å²) in [7, 11) is 1.38. The number of methoxy groups -OCH3 is 1. The van der Waals surface area contributed by atoms with Gasteiger partial charge in [0.05, 0.1) is 13.7 Å². The average molecular weight is 440 g/mol. The zero-order valence-electron chi connectivity index (χ0n) is 18.5. The third-order valence-corrected chi connectivity index (χ3v) is 5.73. The lowest BCUT2D eigenvalue weighted by Gasteiger charge is -2.14. The van der Waals surface area contributed by atoms with Crippen molar-refractivity contribution in [3.05, 3.63) is 95.1 Å². The Morgan fingerprint density at radius 2 is 1.55 bits per heavy atom. The molecule has 0 saturated carbocycles. The zero-order chi connectivity index (χ0) is 23.0. The number of carbonyl (C=O) groups is 2. The van der Waals surface area contributed by atoms with E-state index in [9.17, 15) is 9.59 Å². The molecule has 0 aliphatic heterocycles. The van der Waals surface area contributed by atoms with Crippen LogP contribution in [0, 0.1) is 11.8 Å². The number of hydrogen-bond acceptors (Lipinski definition) is 4. The smallest absolute Gasteiger partial charge is 0.407 e. The van der Waals surface area contributed by atoms with Gasteiger partial charge in [0, 0.05) is 17.9 Å². The molecule has 1 N–H and O–H groups in total. The largest absolute Gasteiger partial charge is 0.469 e. The molecule has 0 unspecified atom stereocenters. The molecule has 0 saturated heterocycles. The normalized spacial score (nSPS) is 11.5. The molecule has 0 radical (unpaired) electrons.